The number of benzene rings is 1. The highest BCUT2D eigenvalue weighted by Crippen LogP contribution is 2.22. The number of likely N-dealkylation sites (tertiary alicyclic amines) is 1. The molecule has 1 aliphatic rings. The van der Waals surface area contributed by atoms with Gasteiger partial charge in [0.1, 0.15) is 11.9 Å². The summed E-state index contributed by atoms with van der Waals surface area (Å²) < 4.78 is 7.15. The average Bonchev–Trinajstić information content (AvgIpc) is 2.28. The largest absolute Gasteiger partial charge is 0.489 e. The van der Waals surface area contributed by atoms with Crippen molar-refractivity contribution >= 4 is 15.9 Å². The predicted octanol–water partition coefficient (Wildman–Crippen LogP) is 3.95. The highest BCUT2D eigenvalue weighted by atomic mass is 79.9. The van der Waals surface area contributed by atoms with Crippen molar-refractivity contribution < 1.29 is 4.74 Å². The predicted molar refractivity (Wildman–Crippen MR) is 79.1 cm³/mol. The van der Waals surface area contributed by atoms with Crippen molar-refractivity contribution in [2.24, 2.45) is 5.92 Å². The molecule has 1 heterocycles. The third-order valence-electron chi connectivity index (χ3n) is 3.18. The molecular weight excluding hydrogens is 290 g/mol. The van der Waals surface area contributed by atoms with Crippen LogP contribution in [0.5, 0.6) is 5.75 Å². The molecule has 3 heteroatoms. The van der Waals surface area contributed by atoms with Crippen LogP contribution in [0, 0.1) is 5.92 Å². The molecule has 2 rings (SSSR count). The van der Waals surface area contributed by atoms with E-state index in [2.05, 4.69) is 34.7 Å². The number of ether oxygens (including phenoxy) is 1. The van der Waals surface area contributed by atoms with Gasteiger partial charge in [-0.25, -0.2) is 0 Å². The molecule has 0 aliphatic carbocycles. The van der Waals surface area contributed by atoms with Gasteiger partial charge in [-0.1, -0.05) is 35.8 Å². The summed E-state index contributed by atoms with van der Waals surface area (Å²) in [5, 5.41) is 0. The molecule has 0 spiro atoms. The van der Waals surface area contributed by atoms with E-state index in [4.69, 9.17) is 4.74 Å². The van der Waals surface area contributed by atoms with Gasteiger partial charge in [-0.05, 0) is 43.5 Å². The van der Waals surface area contributed by atoms with Crippen LogP contribution in [0.4, 0.5) is 0 Å². The van der Waals surface area contributed by atoms with E-state index in [-0.39, 0.29) is 0 Å². The normalized spacial score (nSPS) is 21.2. The molecule has 1 aliphatic heterocycles. The average molecular weight is 312 g/mol. The van der Waals surface area contributed by atoms with Gasteiger partial charge in [0.15, 0.2) is 0 Å². The Kier molecular flexibility index (Phi) is 5.07. The van der Waals surface area contributed by atoms with Crippen molar-refractivity contribution in [2.45, 2.75) is 32.8 Å². The third kappa shape index (κ3) is 4.29. The summed E-state index contributed by atoms with van der Waals surface area (Å²) in [5.74, 6) is 1.70. The summed E-state index contributed by atoms with van der Waals surface area (Å²) in [6, 6.07) is 8.13. The first kappa shape index (κ1) is 13.9. The van der Waals surface area contributed by atoms with Crippen LogP contribution in [0.15, 0.2) is 28.7 Å². The highest BCUT2D eigenvalue weighted by molar-refractivity contribution is 9.10. The first-order valence-electron chi connectivity index (χ1n) is 6.78. The number of rotatable bonds is 4. The van der Waals surface area contributed by atoms with Gasteiger partial charge in [0.25, 0.3) is 0 Å². The van der Waals surface area contributed by atoms with Crippen LogP contribution in [0.2, 0.25) is 0 Å². The second-order valence-electron chi connectivity index (χ2n) is 5.49. The van der Waals surface area contributed by atoms with Crippen molar-refractivity contribution in [1.82, 2.24) is 4.90 Å². The lowest BCUT2D eigenvalue weighted by Crippen LogP contribution is -2.42. The molecule has 0 amide bonds. The van der Waals surface area contributed by atoms with Crippen molar-refractivity contribution in [1.29, 1.82) is 0 Å². The van der Waals surface area contributed by atoms with Gasteiger partial charge >= 0.3 is 0 Å². The summed E-state index contributed by atoms with van der Waals surface area (Å²) in [6.07, 6.45) is 2.75. The molecule has 1 fully saturated rings. The fraction of sp³-hybridized carbons (Fsp3) is 0.600. The van der Waals surface area contributed by atoms with Gasteiger partial charge in [-0.15, -0.1) is 0 Å². The molecule has 0 saturated carbocycles. The minimum Gasteiger partial charge on any atom is -0.489 e. The van der Waals surface area contributed by atoms with Crippen LogP contribution in [-0.2, 0) is 0 Å². The number of hydrogen-bond acceptors (Lipinski definition) is 2. The molecule has 1 atom stereocenters. The molecule has 0 radical (unpaired) electrons. The van der Waals surface area contributed by atoms with Crippen molar-refractivity contribution in [3.63, 3.8) is 0 Å². The van der Waals surface area contributed by atoms with Crippen LogP contribution in [0.25, 0.3) is 0 Å². The van der Waals surface area contributed by atoms with Gasteiger partial charge in [0, 0.05) is 17.6 Å². The Hall–Kier alpha value is -0.540. The van der Waals surface area contributed by atoms with E-state index in [1.165, 1.54) is 25.9 Å². The van der Waals surface area contributed by atoms with Gasteiger partial charge in [-0.3, -0.25) is 4.90 Å². The quantitative estimate of drug-likeness (QED) is 0.835. The topological polar surface area (TPSA) is 12.5 Å². The molecule has 0 N–H and O–H groups in total. The Labute approximate surface area is 118 Å². The fourth-order valence-corrected chi connectivity index (χ4v) is 2.90. The van der Waals surface area contributed by atoms with Crippen LogP contribution in [-0.4, -0.2) is 30.6 Å². The Morgan fingerprint density at radius 3 is 3.00 bits per heavy atom. The lowest BCUT2D eigenvalue weighted by molar-refractivity contribution is 0.0816. The second-order valence-corrected chi connectivity index (χ2v) is 6.41. The smallest absolute Gasteiger partial charge is 0.120 e. The van der Waals surface area contributed by atoms with Crippen molar-refractivity contribution in [3.8, 4) is 5.75 Å². The maximum atomic E-state index is 6.08. The lowest BCUT2D eigenvalue weighted by atomic mass is 10.1. The molecule has 18 heavy (non-hydrogen) atoms. The highest BCUT2D eigenvalue weighted by Gasteiger charge is 2.21. The molecule has 1 aromatic rings. The Morgan fingerprint density at radius 2 is 2.28 bits per heavy atom. The van der Waals surface area contributed by atoms with E-state index in [9.17, 15) is 0 Å². The minimum atomic E-state index is 0.340. The van der Waals surface area contributed by atoms with E-state index < -0.39 is 0 Å². The second kappa shape index (κ2) is 6.58. The fourth-order valence-electron chi connectivity index (χ4n) is 2.52. The Bertz CT molecular complexity index is 381. The molecular formula is C15H22BrNO. The maximum Gasteiger partial charge on any atom is 0.120 e. The minimum absolute atomic E-state index is 0.340. The lowest BCUT2D eigenvalue weighted by Gasteiger charge is -2.33. The summed E-state index contributed by atoms with van der Waals surface area (Å²) in [4.78, 5) is 2.52. The summed E-state index contributed by atoms with van der Waals surface area (Å²) in [7, 11) is 0. The molecule has 1 unspecified atom stereocenters. The van der Waals surface area contributed by atoms with Gasteiger partial charge in [-0.2, -0.15) is 0 Å². The van der Waals surface area contributed by atoms with Gasteiger partial charge in [0.05, 0.1) is 0 Å². The van der Waals surface area contributed by atoms with Gasteiger partial charge < -0.3 is 4.74 Å². The maximum absolute atomic E-state index is 6.08. The molecule has 2 nitrogen and oxygen atoms in total. The zero-order chi connectivity index (χ0) is 13.0. The van der Waals surface area contributed by atoms with E-state index in [1.54, 1.807) is 0 Å². The number of halogens is 1. The molecule has 1 aromatic carbocycles. The first-order valence-corrected chi connectivity index (χ1v) is 7.57. The van der Waals surface area contributed by atoms with E-state index in [1.807, 2.05) is 24.3 Å². The summed E-state index contributed by atoms with van der Waals surface area (Å²) in [5.41, 5.74) is 0. The molecule has 1 saturated heterocycles. The number of hydrogen-bond donors (Lipinski definition) is 0. The zero-order valence-electron chi connectivity index (χ0n) is 11.2. The van der Waals surface area contributed by atoms with E-state index in [0.29, 0.717) is 6.10 Å². The van der Waals surface area contributed by atoms with Crippen LogP contribution >= 0.6 is 15.9 Å². The Morgan fingerprint density at radius 1 is 1.44 bits per heavy atom. The monoisotopic (exact) mass is 311 g/mol. The summed E-state index contributed by atoms with van der Waals surface area (Å²) >= 11 is 3.48. The number of piperidine rings is 1. The Balaban J connectivity index is 1.89. The molecule has 100 valence electrons. The van der Waals surface area contributed by atoms with Crippen LogP contribution in [0.3, 0.4) is 0 Å². The SMILES string of the molecule is CC(C)CN1CCCC(Oc2cccc(Br)c2)C1. The zero-order valence-corrected chi connectivity index (χ0v) is 12.8. The van der Waals surface area contributed by atoms with Crippen molar-refractivity contribution in [2.75, 3.05) is 19.6 Å². The van der Waals surface area contributed by atoms with E-state index >= 15 is 0 Å². The molecule has 0 aromatic heterocycles. The van der Waals surface area contributed by atoms with Crippen molar-refractivity contribution in [3.05, 3.63) is 28.7 Å². The van der Waals surface area contributed by atoms with Crippen LogP contribution < -0.4 is 4.74 Å². The third-order valence-corrected chi connectivity index (χ3v) is 3.68. The molecule has 0 bridgehead atoms. The van der Waals surface area contributed by atoms with E-state index in [0.717, 1.165) is 22.7 Å². The standard InChI is InChI=1S/C15H22BrNO/c1-12(2)10-17-8-4-7-15(11-17)18-14-6-3-5-13(16)9-14/h3,5-6,9,12,15H,4,7-8,10-11H2,1-2H3. The van der Waals surface area contributed by atoms with Crippen LogP contribution in [0.1, 0.15) is 26.7 Å². The first-order chi connectivity index (χ1) is 8.63. The number of nitrogens with zero attached hydrogens (tertiary/aromatic N) is 1. The van der Waals surface area contributed by atoms with Gasteiger partial charge in [0.2, 0.25) is 0 Å². The summed E-state index contributed by atoms with van der Waals surface area (Å²) in [6.45, 7) is 8.01.